The summed E-state index contributed by atoms with van der Waals surface area (Å²) in [5.74, 6) is -5.26. The average molecular weight is 550 g/mol. The van der Waals surface area contributed by atoms with Crippen LogP contribution < -0.4 is 15.0 Å². The van der Waals surface area contributed by atoms with Gasteiger partial charge in [-0.15, -0.1) is 0 Å². The lowest BCUT2D eigenvalue weighted by molar-refractivity contribution is -0.596. The zero-order valence-corrected chi connectivity index (χ0v) is 19.2. The molecule has 1 aliphatic rings. The van der Waals surface area contributed by atoms with Gasteiger partial charge in [0, 0.05) is 43.8 Å². The van der Waals surface area contributed by atoms with Gasteiger partial charge in [-0.05, 0) is 25.0 Å². The molecule has 16 heteroatoms. The number of pyridine rings is 2. The first-order valence-electron chi connectivity index (χ1n) is 10.6. The van der Waals surface area contributed by atoms with Gasteiger partial charge in [-0.25, -0.2) is 4.79 Å². The van der Waals surface area contributed by atoms with Gasteiger partial charge in [0.25, 0.3) is 0 Å². The molecule has 0 bridgehead atoms. The van der Waals surface area contributed by atoms with Gasteiger partial charge in [0.05, 0.1) is 6.20 Å². The molecule has 0 aromatic carbocycles. The van der Waals surface area contributed by atoms with E-state index >= 15 is 0 Å². The topological polar surface area (TPSA) is 137 Å². The fourth-order valence-corrected chi connectivity index (χ4v) is 3.08. The number of nitrogens with zero attached hydrogens (tertiary/aromatic N) is 3. The zero-order valence-electron chi connectivity index (χ0n) is 19.2. The van der Waals surface area contributed by atoms with Gasteiger partial charge in [-0.1, -0.05) is 6.07 Å². The van der Waals surface area contributed by atoms with Crippen molar-refractivity contribution in [2.24, 2.45) is 0 Å². The van der Waals surface area contributed by atoms with Gasteiger partial charge < -0.3 is 25.1 Å². The Morgan fingerprint density at radius 1 is 1.03 bits per heavy atom. The Hall–Kier alpha value is -4.21. The molecule has 0 radical (unpaired) electrons. The van der Waals surface area contributed by atoms with Gasteiger partial charge in [-0.2, -0.15) is 35.3 Å². The number of imidazole rings is 1. The highest BCUT2D eigenvalue weighted by molar-refractivity contribution is 5.90. The van der Waals surface area contributed by atoms with Crippen LogP contribution in [-0.2, 0) is 14.3 Å². The van der Waals surface area contributed by atoms with E-state index in [4.69, 9.17) is 24.5 Å². The quantitative estimate of drug-likeness (QED) is 0.372. The number of ether oxygens (including phenoxy) is 1. The van der Waals surface area contributed by atoms with E-state index in [0.29, 0.717) is 19.0 Å². The summed E-state index contributed by atoms with van der Waals surface area (Å²) in [7, 11) is 0. The number of rotatable bonds is 3. The van der Waals surface area contributed by atoms with Crippen LogP contribution in [0.2, 0.25) is 0 Å². The molecule has 38 heavy (non-hydrogen) atoms. The summed E-state index contributed by atoms with van der Waals surface area (Å²) >= 11 is 0. The molecule has 0 aliphatic carbocycles. The number of carboxylic acid groups (broad SMARTS) is 2. The van der Waals surface area contributed by atoms with Crippen molar-refractivity contribution >= 4 is 23.4 Å². The van der Waals surface area contributed by atoms with Crippen LogP contribution >= 0.6 is 0 Å². The molecule has 1 saturated heterocycles. The molecular weight excluding hydrogens is 530 g/mol. The van der Waals surface area contributed by atoms with Crippen molar-refractivity contribution in [1.29, 1.82) is 0 Å². The van der Waals surface area contributed by atoms with E-state index in [2.05, 4.69) is 10.3 Å². The summed E-state index contributed by atoms with van der Waals surface area (Å²) in [6.45, 7) is 1.40. The van der Waals surface area contributed by atoms with E-state index in [-0.39, 0.29) is 11.9 Å². The Kier molecular flexibility index (Phi) is 10.1. The average Bonchev–Trinajstić information content (AvgIpc) is 3.25. The van der Waals surface area contributed by atoms with E-state index in [1.807, 2.05) is 51.7 Å². The van der Waals surface area contributed by atoms with Crippen molar-refractivity contribution < 1.29 is 60.2 Å². The number of aromatic nitrogens is 3. The minimum absolute atomic E-state index is 0.0788. The molecule has 206 valence electrons. The molecule has 3 aromatic rings. The zero-order chi connectivity index (χ0) is 28.5. The molecule has 0 atom stereocenters. The van der Waals surface area contributed by atoms with Gasteiger partial charge in [0.15, 0.2) is 5.52 Å². The predicted octanol–water partition coefficient (Wildman–Crippen LogP) is 1.45. The van der Waals surface area contributed by atoms with Gasteiger partial charge in [0.1, 0.15) is 17.9 Å². The summed E-state index contributed by atoms with van der Waals surface area (Å²) in [5.41, 5.74) is 1.87. The fourth-order valence-electron chi connectivity index (χ4n) is 3.08. The number of amides is 1. The first kappa shape index (κ1) is 30.0. The molecule has 2 N–H and O–H groups in total. The van der Waals surface area contributed by atoms with Crippen LogP contribution in [0.15, 0.2) is 55.1 Å². The molecule has 1 aliphatic heterocycles. The summed E-state index contributed by atoms with van der Waals surface area (Å²) in [5, 5.41) is 19.1. The molecule has 4 rings (SSSR count). The summed E-state index contributed by atoms with van der Waals surface area (Å²) in [6, 6.07) is 9.83. The third kappa shape index (κ3) is 8.72. The number of carbonyl (C=O) groups is 3. The number of hydrogen-bond donors (Lipinski definition) is 2. The van der Waals surface area contributed by atoms with E-state index in [1.165, 1.54) is 0 Å². The summed E-state index contributed by atoms with van der Waals surface area (Å²) in [4.78, 5) is 34.7. The minimum Gasteiger partial charge on any atom is -0.542 e. The SMILES string of the molecule is O=C(NC1CCOCC1)c1n2ccccc2c[n+]1-c1ccncc1.O=C(O)C(F)(F)F.O=C([O-])C(F)(F)F. The largest absolute Gasteiger partial charge is 0.542 e. The van der Waals surface area contributed by atoms with Crippen LogP contribution in [0.5, 0.6) is 0 Å². The number of alkyl halides is 6. The fraction of sp³-hybridized carbons (Fsp3) is 0.318. The first-order chi connectivity index (χ1) is 17.7. The Morgan fingerprint density at radius 3 is 2.08 bits per heavy atom. The molecule has 0 saturated carbocycles. The second-order valence-electron chi connectivity index (χ2n) is 7.47. The third-order valence-corrected chi connectivity index (χ3v) is 4.78. The Balaban J connectivity index is 0.000000301. The summed E-state index contributed by atoms with van der Waals surface area (Å²) < 4.78 is 72.5. The highest BCUT2D eigenvalue weighted by Gasteiger charge is 2.38. The number of halogens is 6. The highest BCUT2D eigenvalue weighted by Crippen LogP contribution is 2.14. The van der Waals surface area contributed by atoms with Crippen LogP contribution in [-0.4, -0.2) is 63.9 Å². The molecule has 1 fully saturated rings. The number of nitrogens with one attached hydrogen (secondary N) is 1. The monoisotopic (exact) mass is 550 g/mol. The Labute approximate surface area is 210 Å². The number of hydrogen-bond acceptors (Lipinski definition) is 6. The van der Waals surface area contributed by atoms with Crippen molar-refractivity contribution in [2.75, 3.05) is 13.2 Å². The second kappa shape index (κ2) is 12.8. The Morgan fingerprint density at radius 2 is 1.58 bits per heavy atom. The lowest BCUT2D eigenvalue weighted by Gasteiger charge is -2.22. The molecule has 4 heterocycles. The van der Waals surface area contributed by atoms with Crippen molar-refractivity contribution in [3.63, 3.8) is 0 Å². The third-order valence-electron chi connectivity index (χ3n) is 4.78. The van der Waals surface area contributed by atoms with Crippen LogP contribution in [0, 0.1) is 0 Å². The number of aliphatic carboxylic acids is 2. The summed E-state index contributed by atoms with van der Waals surface area (Å²) in [6.07, 6.45) is -1.25. The van der Waals surface area contributed by atoms with Crippen LogP contribution in [0.1, 0.15) is 23.5 Å². The van der Waals surface area contributed by atoms with Gasteiger partial charge in [0.2, 0.25) is 0 Å². The van der Waals surface area contributed by atoms with Crippen molar-refractivity contribution in [3.05, 3.63) is 60.9 Å². The van der Waals surface area contributed by atoms with Crippen LogP contribution in [0.25, 0.3) is 11.2 Å². The molecule has 0 spiro atoms. The lowest BCUT2D eigenvalue weighted by atomic mass is 10.1. The minimum atomic E-state index is -5.19. The van der Waals surface area contributed by atoms with E-state index in [9.17, 15) is 31.1 Å². The molecular formula is C22H20F6N4O6. The number of carboxylic acids is 2. The first-order valence-corrected chi connectivity index (χ1v) is 10.6. The normalized spacial score (nSPS) is 13.9. The van der Waals surface area contributed by atoms with Crippen LogP contribution in [0.4, 0.5) is 26.3 Å². The smallest absolute Gasteiger partial charge is 0.490 e. The predicted molar refractivity (Wildman–Crippen MR) is 113 cm³/mol. The Bertz CT molecular complexity index is 1220. The van der Waals surface area contributed by atoms with Crippen molar-refractivity contribution in [3.8, 4) is 5.69 Å². The van der Waals surface area contributed by atoms with Crippen molar-refractivity contribution in [1.82, 2.24) is 14.7 Å². The molecule has 1 amide bonds. The molecule has 3 aromatic heterocycles. The van der Waals surface area contributed by atoms with Crippen molar-refractivity contribution in [2.45, 2.75) is 31.2 Å². The lowest BCUT2D eigenvalue weighted by Crippen LogP contribution is -2.45. The molecule has 10 nitrogen and oxygen atoms in total. The van der Waals surface area contributed by atoms with E-state index < -0.39 is 24.3 Å². The van der Waals surface area contributed by atoms with Gasteiger partial charge >= 0.3 is 30.1 Å². The number of carbonyl (C=O) groups excluding carboxylic acids is 2. The van der Waals surface area contributed by atoms with E-state index in [0.717, 1.165) is 24.0 Å². The number of fused-ring (bicyclic) bond motifs is 1. The van der Waals surface area contributed by atoms with Crippen LogP contribution in [0.3, 0.4) is 0 Å². The maximum atomic E-state index is 13.0. The molecule has 0 unspecified atom stereocenters. The standard InChI is InChI=1S/C18H18N4O2.2C2HF3O2/c23-17(20-14-6-11-24-12-7-14)18-21-10-2-1-3-16(21)13-22(18)15-4-8-19-9-5-15;2*3-2(4,5)1(6)7/h1-5,8-10,13-14H,6-7,11-12H2;2*(H,6,7). The maximum Gasteiger partial charge on any atom is 0.490 e. The maximum absolute atomic E-state index is 13.0. The highest BCUT2D eigenvalue weighted by atomic mass is 19.4. The van der Waals surface area contributed by atoms with Gasteiger partial charge in [-0.3, -0.25) is 9.78 Å². The second-order valence-corrected chi connectivity index (χ2v) is 7.47. The van der Waals surface area contributed by atoms with E-state index in [1.54, 1.807) is 12.4 Å².